The van der Waals surface area contributed by atoms with Crippen molar-refractivity contribution >= 4 is 11.8 Å². The molecule has 0 rings (SSSR count). The van der Waals surface area contributed by atoms with Crippen molar-refractivity contribution in [2.24, 2.45) is 0 Å². The molecule has 1 heteroatoms. The number of hydrogen-bond donors (Lipinski definition) is 0. The fourth-order valence-corrected chi connectivity index (χ4v) is 1.26. The SMILES string of the molecule is [CH2]CSCCCCC#CC. The van der Waals surface area contributed by atoms with E-state index in [-0.39, 0.29) is 0 Å². The van der Waals surface area contributed by atoms with Gasteiger partial charge in [0.2, 0.25) is 0 Å². The first kappa shape index (κ1) is 9.91. The van der Waals surface area contributed by atoms with Gasteiger partial charge in [0.1, 0.15) is 0 Å². The second-order valence-corrected chi connectivity index (χ2v) is 3.22. The second kappa shape index (κ2) is 8.91. The summed E-state index contributed by atoms with van der Waals surface area (Å²) in [6.45, 7) is 5.65. The van der Waals surface area contributed by atoms with Crippen LogP contribution in [0.25, 0.3) is 0 Å². The molecule has 0 spiro atoms. The zero-order valence-corrected chi connectivity index (χ0v) is 7.47. The van der Waals surface area contributed by atoms with Gasteiger partial charge in [0.05, 0.1) is 0 Å². The second-order valence-electron chi connectivity index (χ2n) is 2.00. The van der Waals surface area contributed by atoms with E-state index >= 15 is 0 Å². The van der Waals surface area contributed by atoms with Gasteiger partial charge in [-0.2, -0.15) is 11.8 Å². The fraction of sp³-hybridized carbons (Fsp3) is 0.667. The molecule has 0 saturated carbocycles. The lowest BCUT2D eigenvalue weighted by atomic mass is 10.2. The van der Waals surface area contributed by atoms with Crippen LogP contribution in [0.3, 0.4) is 0 Å². The summed E-state index contributed by atoms with van der Waals surface area (Å²) in [6.07, 6.45) is 3.59. The average Bonchev–Trinajstić information content (AvgIpc) is 1.97. The van der Waals surface area contributed by atoms with Crippen LogP contribution in [0.15, 0.2) is 0 Å². The van der Waals surface area contributed by atoms with Gasteiger partial charge in [-0.15, -0.1) is 11.8 Å². The summed E-state index contributed by atoms with van der Waals surface area (Å²) >= 11 is 1.91. The zero-order chi connectivity index (χ0) is 7.66. The minimum atomic E-state index is 0.999. The van der Waals surface area contributed by atoms with Gasteiger partial charge >= 0.3 is 0 Å². The first-order valence-corrected chi connectivity index (χ1v) is 4.84. The summed E-state index contributed by atoms with van der Waals surface area (Å²) in [5.41, 5.74) is 0. The van der Waals surface area contributed by atoms with Crippen molar-refractivity contribution in [3.8, 4) is 11.8 Å². The van der Waals surface area contributed by atoms with Crippen molar-refractivity contribution in [1.82, 2.24) is 0 Å². The highest BCUT2D eigenvalue weighted by atomic mass is 32.2. The molecule has 0 unspecified atom stereocenters. The number of hydrogen-bond acceptors (Lipinski definition) is 1. The van der Waals surface area contributed by atoms with E-state index < -0.39 is 0 Å². The van der Waals surface area contributed by atoms with Gasteiger partial charge in [0.25, 0.3) is 0 Å². The summed E-state index contributed by atoms with van der Waals surface area (Å²) in [6, 6.07) is 0. The Morgan fingerprint density at radius 3 is 2.80 bits per heavy atom. The standard InChI is InChI=1S/C9H15S/c1-3-5-6-7-8-9-10-4-2/h2,4,6-9H2,1H3. The Kier molecular flexibility index (Phi) is 8.83. The van der Waals surface area contributed by atoms with E-state index in [2.05, 4.69) is 18.8 Å². The highest BCUT2D eigenvalue weighted by molar-refractivity contribution is 7.99. The Labute approximate surface area is 68.8 Å². The Balaban J connectivity index is 2.82. The molecule has 0 amide bonds. The minimum Gasteiger partial charge on any atom is -0.162 e. The van der Waals surface area contributed by atoms with Crippen molar-refractivity contribution < 1.29 is 0 Å². The fourth-order valence-electron chi connectivity index (χ4n) is 0.645. The largest absolute Gasteiger partial charge is 0.162 e. The van der Waals surface area contributed by atoms with Crippen LogP contribution < -0.4 is 0 Å². The maximum atomic E-state index is 3.75. The van der Waals surface area contributed by atoms with Crippen molar-refractivity contribution in [2.45, 2.75) is 26.2 Å². The first-order chi connectivity index (χ1) is 4.91. The molecule has 57 valence electrons. The van der Waals surface area contributed by atoms with E-state index in [0.29, 0.717) is 0 Å². The van der Waals surface area contributed by atoms with E-state index in [1.165, 1.54) is 18.6 Å². The third-order valence-electron chi connectivity index (χ3n) is 1.16. The Hall–Kier alpha value is -0.0900. The van der Waals surface area contributed by atoms with Crippen molar-refractivity contribution in [1.29, 1.82) is 0 Å². The molecule has 0 aromatic carbocycles. The maximum absolute atomic E-state index is 3.75. The molecule has 0 atom stereocenters. The van der Waals surface area contributed by atoms with Gasteiger partial charge in [0, 0.05) is 6.42 Å². The number of thioether (sulfide) groups is 1. The normalized spacial score (nSPS) is 8.60. The van der Waals surface area contributed by atoms with E-state index in [1.54, 1.807) is 0 Å². The molecule has 0 saturated heterocycles. The molecule has 0 fully saturated rings. The lowest BCUT2D eigenvalue weighted by Crippen LogP contribution is -1.79. The Morgan fingerprint density at radius 1 is 1.40 bits per heavy atom. The van der Waals surface area contributed by atoms with Crippen molar-refractivity contribution in [3.05, 3.63) is 6.92 Å². The topological polar surface area (TPSA) is 0 Å². The smallest absolute Gasteiger partial charge is 0.00888 e. The lowest BCUT2D eigenvalue weighted by Gasteiger charge is -1.94. The molecular weight excluding hydrogens is 140 g/mol. The van der Waals surface area contributed by atoms with Gasteiger partial charge in [-0.1, -0.05) is 0 Å². The predicted octanol–water partition coefficient (Wildman–Crippen LogP) is 2.75. The predicted molar refractivity (Wildman–Crippen MR) is 50.0 cm³/mol. The molecule has 10 heavy (non-hydrogen) atoms. The van der Waals surface area contributed by atoms with Crippen molar-refractivity contribution in [3.63, 3.8) is 0 Å². The van der Waals surface area contributed by atoms with Gasteiger partial charge < -0.3 is 0 Å². The number of rotatable bonds is 5. The molecule has 0 aliphatic heterocycles. The van der Waals surface area contributed by atoms with Crippen LogP contribution in [0, 0.1) is 18.8 Å². The highest BCUT2D eigenvalue weighted by Gasteiger charge is 1.85. The Morgan fingerprint density at radius 2 is 2.20 bits per heavy atom. The van der Waals surface area contributed by atoms with Crippen LogP contribution in [-0.4, -0.2) is 11.5 Å². The summed E-state index contributed by atoms with van der Waals surface area (Å²) < 4.78 is 0. The monoisotopic (exact) mass is 155 g/mol. The van der Waals surface area contributed by atoms with Gasteiger partial charge in [-0.05, 0) is 38.2 Å². The third-order valence-corrected chi connectivity index (χ3v) is 2.03. The quantitative estimate of drug-likeness (QED) is 0.434. The lowest BCUT2D eigenvalue weighted by molar-refractivity contribution is 0.837. The van der Waals surface area contributed by atoms with Crippen molar-refractivity contribution in [2.75, 3.05) is 11.5 Å². The molecule has 0 bridgehead atoms. The van der Waals surface area contributed by atoms with Crippen LogP contribution in [0.2, 0.25) is 0 Å². The summed E-state index contributed by atoms with van der Waals surface area (Å²) in [5.74, 6) is 8.18. The summed E-state index contributed by atoms with van der Waals surface area (Å²) in [4.78, 5) is 0. The molecule has 0 aromatic heterocycles. The Bertz CT molecular complexity index is 108. The molecule has 0 aromatic rings. The van der Waals surface area contributed by atoms with E-state index in [1.807, 2.05) is 18.7 Å². The molecule has 0 N–H and O–H groups in total. The van der Waals surface area contributed by atoms with Gasteiger partial charge in [-0.3, -0.25) is 0 Å². The van der Waals surface area contributed by atoms with E-state index in [9.17, 15) is 0 Å². The molecular formula is C9H15S. The third kappa shape index (κ3) is 7.91. The van der Waals surface area contributed by atoms with Gasteiger partial charge in [-0.25, -0.2) is 0 Å². The van der Waals surface area contributed by atoms with Crippen LogP contribution in [-0.2, 0) is 0 Å². The zero-order valence-electron chi connectivity index (χ0n) is 6.65. The molecule has 1 radical (unpaired) electrons. The van der Waals surface area contributed by atoms with E-state index in [4.69, 9.17) is 0 Å². The maximum Gasteiger partial charge on any atom is 0.00888 e. The summed E-state index contributed by atoms with van der Waals surface area (Å²) in [5, 5.41) is 0. The van der Waals surface area contributed by atoms with Crippen LogP contribution in [0.4, 0.5) is 0 Å². The van der Waals surface area contributed by atoms with E-state index in [0.717, 1.165) is 12.2 Å². The molecule has 0 nitrogen and oxygen atoms in total. The molecule has 0 heterocycles. The van der Waals surface area contributed by atoms with Crippen LogP contribution in [0.1, 0.15) is 26.2 Å². The van der Waals surface area contributed by atoms with Crippen LogP contribution >= 0.6 is 11.8 Å². The first-order valence-electron chi connectivity index (χ1n) is 3.68. The van der Waals surface area contributed by atoms with Gasteiger partial charge in [0.15, 0.2) is 0 Å². The molecule has 0 aliphatic rings. The van der Waals surface area contributed by atoms with Crippen LogP contribution in [0.5, 0.6) is 0 Å². The molecule has 0 aliphatic carbocycles. The minimum absolute atomic E-state index is 0.999. The number of unbranched alkanes of at least 4 members (excludes halogenated alkanes) is 2. The highest BCUT2D eigenvalue weighted by Crippen LogP contribution is 2.04. The summed E-state index contributed by atoms with van der Waals surface area (Å²) in [7, 11) is 0. The average molecular weight is 155 g/mol.